The van der Waals surface area contributed by atoms with Crippen LogP contribution in [0.15, 0.2) is 18.2 Å². The van der Waals surface area contributed by atoms with Gasteiger partial charge >= 0.3 is 0 Å². The second-order valence-electron chi connectivity index (χ2n) is 12.3. The fourth-order valence-corrected chi connectivity index (χ4v) is 5.97. The van der Waals surface area contributed by atoms with Crippen LogP contribution in [0, 0.1) is 0 Å². The molecule has 0 atom stereocenters. The van der Waals surface area contributed by atoms with Crippen molar-refractivity contribution < 1.29 is 9.84 Å². The highest BCUT2D eigenvalue weighted by atomic mass is 16.5. The number of hydrogen-bond acceptors (Lipinski definition) is 2. The van der Waals surface area contributed by atoms with Gasteiger partial charge in [-0.1, -0.05) is 186 Å². The smallest absolute Gasteiger partial charge is 0.125 e. The van der Waals surface area contributed by atoms with Crippen LogP contribution in [-0.2, 0) is 6.42 Å². The summed E-state index contributed by atoms with van der Waals surface area (Å²) in [7, 11) is 1.68. The minimum Gasteiger partial charge on any atom is -0.508 e. The topological polar surface area (TPSA) is 29.5 Å². The van der Waals surface area contributed by atoms with Gasteiger partial charge in [-0.25, -0.2) is 0 Å². The van der Waals surface area contributed by atoms with Crippen LogP contribution >= 0.6 is 0 Å². The molecule has 0 bridgehead atoms. The van der Waals surface area contributed by atoms with Gasteiger partial charge in [0, 0.05) is 5.56 Å². The summed E-state index contributed by atoms with van der Waals surface area (Å²) in [6.07, 6.45) is 40.9. The number of phenols is 1. The molecule has 2 nitrogen and oxygen atoms in total. The quantitative estimate of drug-likeness (QED) is 0.0976. The lowest BCUT2D eigenvalue weighted by atomic mass is 10.0. The minimum atomic E-state index is 0.374. The van der Waals surface area contributed by atoms with Gasteiger partial charge in [0.25, 0.3) is 0 Å². The average molecular weight is 545 g/mol. The largest absolute Gasteiger partial charge is 0.508 e. The molecule has 0 aliphatic heterocycles. The van der Waals surface area contributed by atoms with Gasteiger partial charge in [-0.2, -0.15) is 0 Å². The Labute approximate surface area is 245 Å². The predicted molar refractivity (Wildman–Crippen MR) is 173 cm³/mol. The highest BCUT2D eigenvalue weighted by molar-refractivity contribution is 5.43. The lowest BCUT2D eigenvalue weighted by Crippen LogP contribution is -1.93. The number of unbranched alkanes of at least 4 members (excludes halogenated alkanes) is 27. The Kier molecular flexibility index (Phi) is 26.1. The van der Waals surface area contributed by atoms with E-state index in [1.165, 1.54) is 173 Å². The molecule has 0 heterocycles. The number of methoxy groups -OCH3 is 1. The lowest BCUT2D eigenvalue weighted by molar-refractivity contribution is 0.398. The zero-order valence-corrected chi connectivity index (χ0v) is 26.6. The van der Waals surface area contributed by atoms with Gasteiger partial charge in [0.15, 0.2) is 0 Å². The summed E-state index contributed by atoms with van der Waals surface area (Å²) in [5.41, 5.74) is 0.967. The molecule has 0 aliphatic carbocycles. The van der Waals surface area contributed by atoms with Crippen LogP contribution in [0.1, 0.15) is 192 Å². The van der Waals surface area contributed by atoms with E-state index in [2.05, 4.69) is 6.92 Å². The first-order valence-corrected chi connectivity index (χ1v) is 17.6. The van der Waals surface area contributed by atoms with Gasteiger partial charge in [0.1, 0.15) is 11.5 Å². The van der Waals surface area contributed by atoms with Crippen LogP contribution in [0.3, 0.4) is 0 Å². The van der Waals surface area contributed by atoms with E-state index in [0.29, 0.717) is 5.75 Å². The number of rotatable bonds is 30. The fourth-order valence-electron chi connectivity index (χ4n) is 5.97. The molecule has 0 saturated heterocycles. The number of hydrogen-bond donors (Lipinski definition) is 1. The van der Waals surface area contributed by atoms with Gasteiger partial charge in [-0.05, 0) is 25.0 Å². The number of phenolic OH excluding ortho intramolecular Hbond substituents is 1. The normalized spacial score (nSPS) is 11.3. The van der Waals surface area contributed by atoms with E-state index in [0.717, 1.165) is 24.2 Å². The van der Waals surface area contributed by atoms with Crippen molar-refractivity contribution >= 4 is 0 Å². The zero-order chi connectivity index (χ0) is 28.1. The highest BCUT2D eigenvalue weighted by Gasteiger charge is 2.07. The van der Waals surface area contributed by atoms with Crippen molar-refractivity contribution in [2.24, 2.45) is 0 Å². The standard InChI is InChI=1S/C37H68O2/c1-3-4-5-6-7-8-9-10-11-12-13-14-15-16-17-18-19-20-21-22-23-24-25-26-27-28-29-30-32-35-36(38)33-31-34-37(35)39-2/h31,33-34,38H,3-30,32H2,1-2H3. The van der Waals surface area contributed by atoms with Crippen molar-refractivity contribution in [2.75, 3.05) is 7.11 Å². The van der Waals surface area contributed by atoms with Crippen LogP contribution in [0.2, 0.25) is 0 Å². The molecule has 0 amide bonds. The van der Waals surface area contributed by atoms with Crippen molar-refractivity contribution in [3.8, 4) is 11.5 Å². The molecule has 228 valence electrons. The first kappa shape index (κ1) is 35.8. The summed E-state index contributed by atoms with van der Waals surface area (Å²) in [5.74, 6) is 1.19. The van der Waals surface area contributed by atoms with Crippen LogP contribution in [-0.4, -0.2) is 12.2 Å². The maximum Gasteiger partial charge on any atom is 0.125 e. The molecule has 0 unspecified atom stereocenters. The molecule has 0 fully saturated rings. The van der Waals surface area contributed by atoms with Gasteiger partial charge in [0.05, 0.1) is 7.11 Å². The van der Waals surface area contributed by atoms with E-state index in [9.17, 15) is 5.11 Å². The van der Waals surface area contributed by atoms with Gasteiger partial charge in [-0.15, -0.1) is 0 Å². The summed E-state index contributed by atoms with van der Waals surface area (Å²) in [6, 6.07) is 5.55. The molecule has 0 radical (unpaired) electrons. The van der Waals surface area contributed by atoms with E-state index in [1.807, 2.05) is 12.1 Å². The number of benzene rings is 1. The molecule has 0 aliphatic rings. The van der Waals surface area contributed by atoms with Crippen LogP contribution in [0.5, 0.6) is 11.5 Å². The minimum absolute atomic E-state index is 0.374. The van der Waals surface area contributed by atoms with E-state index in [-0.39, 0.29) is 0 Å². The first-order valence-electron chi connectivity index (χ1n) is 17.6. The Bertz CT molecular complexity index is 626. The summed E-state index contributed by atoms with van der Waals surface area (Å²) in [6.45, 7) is 2.30. The Balaban J connectivity index is 1.70. The lowest BCUT2D eigenvalue weighted by Gasteiger charge is -2.10. The molecule has 0 saturated carbocycles. The monoisotopic (exact) mass is 545 g/mol. The van der Waals surface area contributed by atoms with Gasteiger partial charge in [-0.3, -0.25) is 0 Å². The third-order valence-electron chi connectivity index (χ3n) is 8.61. The summed E-state index contributed by atoms with van der Waals surface area (Å²) >= 11 is 0. The molecule has 1 aromatic rings. The Morgan fingerprint density at radius 1 is 0.462 bits per heavy atom. The highest BCUT2D eigenvalue weighted by Crippen LogP contribution is 2.29. The molecule has 1 N–H and O–H groups in total. The van der Waals surface area contributed by atoms with Crippen molar-refractivity contribution in [3.63, 3.8) is 0 Å². The van der Waals surface area contributed by atoms with Gasteiger partial charge in [0.2, 0.25) is 0 Å². The second kappa shape index (κ2) is 28.4. The SMILES string of the molecule is CCCCCCCCCCCCCCCCCCCCCCCCCCCCCCc1c(O)cccc1OC. The van der Waals surface area contributed by atoms with Crippen LogP contribution < -0.4 is 4.74 Å². The first-order chi connectivity index (χ1) is 19.3. The van der Waals surface area contributed by atoms with E-state index >= 15 is 0 Å². The van der Waals surface area contributed by atoms with E-state index in [1.54, 1.807) is 13.2 Å². The number of ether oxygens (including phenoxy) is 1. The molecule has 0 spiro atoms. The van der Waals surface area contributed by atoms with Crippen molar-refractivity contribution in [2.45, 2.75) is 193 Å². The fraction of sp³-hybridized carbons (Fsp3) is 0.838. The summed E-state index contributed by atoms with van der Waals surface area (Å²) in [5, 5.41) is 10.0. The van der Waals surface area contributed by atoms with E-state index in [4.69, 9.17) is 4.74 Å². The zero-order valence-electron chi connectivity index (χ0n) is 26.6. The van der Waals surface area contributed by atoms with Crippen LogP contribution in [0.4, 0.5) is 0 Å². The van der Waals surface area contributed by atoms with E-state index < -0.39 is 0 Å². The Hall–Kier alpha value is -1.18. The van der Waals surface area contributed by atoms with Crippen molar-refractivity contribution in [1.82, 2.24) is 0 Å². The summed E-state index contributed by atoms with van der Waals surface area (Å²) in [4.78, 5) is 0. The summed E-state index contributed by atoms with van der Waals surface area (Å²) < 4.78 is 5.38. The van der Waals surface area contributed by atoms with Crippen molar-refractivity contribution in [1.29, 1.82) is 0 Å². The molecule has 1 aromatic carbocycles. The second-order valence-corrected chi connectivity index (χ2v) is 12.3. The van der Waals surface area contributed by atoms with Crippen molar-refractivity contribution in [3.05, 3.63) is 23.8 Å². The molecular formula is C37H68O2. The maximum absolute atomic E-state index is 10.0. The Morgan fingerprint density at radius 3 is 1.08 bits per heavy atom. The molecule has 0 aromatic heterocycles. The third-order valence-corrected chi connectivity index (χ3v) is 8.61. The average Bonchev–Trinajstić information content (AvgIpc) is 2.95. The number of aromatic hydroxyl groups is 1. The molecule has 2 heteroatoms. The van der Waals surface area contributed by atoms with Crippen LogP contribution in [0.25, 0.3) is 0 Å². The molecule has 39 heavy (non-hydrogen) atoms. The van der Waals surface area contributed by atoms with Gasteiger partial charge < -0.3 is 9.84 Å². The molecular weight excluding hydrogens is 476 g/mol. The maximum atomic E-state index is 10.0. The molecule has 1 rings (SSSR count). The Morgan fingerprint density at radius 2 is 0.769 bits per heavy atom. The third kappa shape index (κ3) is 22.2. The predicted octanol–water partition coefficient (Wildman–Crippen LogP) is 12.9.